The predicted molar refractivity (Wildman–Crippen MR) is 112 cm³/mol. The van der Waals surface area contributed by atoms with Crippen LogP contribution in [0.5, 0.6) is 5.75 Å². The van der Waals surface area contributed by atoms with Crippen molar-refractivity contribution in [3.63, 3.8) is 0 Å². The monoisotopic (exact) mass is 371 g/mol. The first-order valence-corrected chi connectivity index (χ1v) is 11.9. The maximum atomic E-state index is 12.7. The lowest BCUT2D eigenvalue weighted by molar-refractivity contribution is 0.181. The van der Waals surface area contributed by atoms with E-state index in [9.17, 15) is 4.79 Å². The molecule has 3 nitrogen and oxygen atoms in total. The maximum Gasteiger partial charge on any atom is 0.423 e. The van der Waals surface area contributed by atoms with Crippen molar-refractivity contribution in [2.75, 3.05) is 0 Å². The molecule has 0 radical (unpaired) electrons. The lowest BCUT2D eigenvalue weighted by Gasteiger charge is -2.47. The van der Waals surface area contributed by atoms with Crippen LogP contribution in [0.4, 0.5) is 4.79 Å². The number of hydrogen-bond acceptors (Lipinski definition) is 2. The summed E-state index contributed by atoms with van der Waals surface area (Å²) >= 11 is 0. The van der Waals surface area contributed by atoms with E-state index in [0.29, 0.717) is 28.3 Å². The summed E-state index contributed by atoms with van der Waals surface area (Å²) in [4.78, 5) is 14.3. The number of rotatable bonds is 5. The third-order valence-electron chi connectivity index (χ3n) is 5.83. The minimum atomic E-state index is -1.81. The Kier molecular flexibility index (Phi) is 6.51. The molecule has 2 rings (SSSR count). The number of hydrogen-bond donors (Lipinski definition) is 0. The molecular formula is C22H33NO2Si. The van der Waals surface area contributed by atoms with Crippen LogP contribution in [0.1, 0.15) is 48.5 Å². The van der Waals surface area contributed by atoms with Gasteiger partial charge in [0.15, 0.2) is 0 Å². The van der Waals surface area contributed by atoms with E-state index in [-0.39, 0.29) is 6.09 Å². The van der Waals surface area contributed by atoms with E-state index in [4.69, 9.17) is 4.74 Å². The van der Waals surface area contributed by atoms with Gasteiger partial charge in [0.2, 0.25) is 0 Å². The molecule has 1 aromatic carbocycles. The minimum absolute atomic E-state index is 0.351. The largest absolute Gasteiger partial charge is 0.423 e. The van der Waals surface area contributed by atoms with Crippen LogP contribution >= 0.6 is 0 Å². The highest BCUT2D eigenvalue weighted by Gasteiger charge is 2.47. The van der Waals surface area contributed by atoms with Crippen molar-refractivity contribution in [1.29, 1.82) is 0 Å². The summed E-state index contributed by atoms with van der Waals surface area (Å²) in [6.45, 7) is 16.4. The maximum absolute atomic E-state index is 12.7. The summed E-state index contributed by atoms with van der Waals surface area (Å²) in [6, 6.07) is 9.24. The Morgan fingerprint density at radius 2 is 1.54 bits per heavy atom. The molecule has 0 bridgehead atoms. The molecule has 1 aromatic rings. The Labute approximate surface area is 159 Å². The Balaban J connectivity index is 2.39. The van der Waals surface area contributed by atoms with Crippen molar-refractivity contribution in [2.45, 2.75) is 65.1 Å². The minimum Gasteiger partial charge on any atom is -0.410 e. The van der Waals surface area contributed by atoms with Gasteiger partial charge < -0.3 is 4.74 Å². The van der Waals surface area contributed by atoms with Gasteiger partial charge in [-0.25, -0.2) is 4.79 Å². The molecule has 1 aliphatic heterocycles. The molecule has 1 amide bonds. The first-order valence-electron chi connectivity index (χ1n) is 9.66. The van der Waals surface area contributed by atoms with Crippen molar-refractivity contribution >= 4 is 14.2 Å². The predicted octanol–water partition coefficient (Wildman–Crippen LogP) is 6.75. The van der Waals surface area contributed by atoms with Crippen LogP contribution in [0, 0.1) is 5.92 Å². The Hall–Kier alpha value is -1.81. The molecule has 1 unspecified atom stereocenters. The molecule has 0 saturated heterocycles. The molecule has 0 aromatic heterocycles. The molecule has 142 valence electrons. The first-order chi connectivity index (χ1) is 12.2. The summed E-state index contributed by atoms with van der Waals surface area (Å²) < 4.78 is 5.54. The number of benzene rings is 1. The van der Waals surface area contributed by atoms with Gasteiger partial charge in [-0.05, 0) is 34.7 Å². The van der Waals surface area contributed by atoms with Crippen LogP contribution < -0.4 is 4.74 Å². The van der Waals surface area contributed by atoms with Gasteiger partial charge in [0.25, 0.3) is 0 Å². The number of allylic oxidation sites excluding steroid dienone is 2. The lowest BCUT2D eigenvalue weighted by Crippen LogP contribution is -2.49. The molecule has 0 spiro atoms. The summed E-state index contributed by atoms with van der Waals surface area (Å²) in [5.74, 6) is 0.925. The molecule has 0 N–H and O–H groups in total. The Morgan fingerprint density at radius 3 is 2.04 bits per heavy atom. The van der Waals surface area contributed by atoms with Crippen molar-refractivity contribution in [1.82, 2.24) is 4.90 Å². The Bertz CT molecular complexity index is 655. The van der Waals surface area contributed by atoms with Gasteiger partial charge in [-0.3, -0.25) is 4.90 Å². The topological polar surface area (TPSA) is 29.5 Å². The number of carbonyl (C=O) groups is 1. The van der Waals surface area contributed by atoms with Crippen LogP contribution in [0.15, 0.2) is 54.0 Å². The third kappa shape index (κ3) is 3.80. The number of nitrogens with zero attached hydrogens (tertiary/aromatic N) is 1. The zero-order chi connectivity index (χ0) is 19.5. The highest BCUT2D eigenvalue weighted by molar-refractivity contribution is 6.90. The van der Waals surface area contributed by atoms with Crippen LogP contribution in [-0.4, -0.2) is 19.1 Å². The second-order valence-corrected chi connectivity index (χ2v) is 14.1. The second-order valence-electron chi connectivity index (χ2n) is 8.20. The fraction of sp³-hybridized carbons (Fsp3) is 0.500. The molecule has 0 fully saturated rings. The van der Waals surface area contributed by atoms with Crippen LogP contribution in [-0.2, 0) is 0 Å². The molecule has 4 heteroatoms. The quantitative estimate of drug-likeness (QED) is 0.536. The van der Waals surface area contributed by atoms with Gasteiger partial charge in [-0.1, -0.05) is 77.9 Å². The van der Waals surface area contributed by atoms with E-state index >= 15 is 0 Å². The molecule has 1 heterocycles. The third-order valence-corrected chi connectivity index (χ3v) is 13.1. The van der Waals surface area contributed by atoms with Crippen molar-refractivity contribution in [2.24, 2.45) is 5.92 Å². The van der Waals surface area contributed by atoms with Crippen molar-refractivity contribution in [3.05, 3.63) is 54.0 Å². The SMILES string of the molecule is CC1C=CN(C(=O)Oc2ccccc2)C=C1[Si](C(C)C)(C(C)C)C(C)C. The smallest absolute Gasteiger partial charge is 0.410 e. The van der Waals surface area contributed by atoms with Crippen molar-refractivity contribution in [3.8, 4) is 5.75 Å². The molecule has 1 atom stereocenters. The summed E-state index contributed by atoms with van der Waals surface area (Å²) in [5.41, 5.74) is 1.82. The van der Waals surface area contributed by atoms with Gasteiger partial charge in [0, 0.05) is 12.4 Å². The van der Waals surface area contributed by atoms with Gasteiger partial charge in [0.1, 0.15) is 5.75 Å². The van der Waals surface area contributed by atoms with Gasteiger partial charge in [-0.2, -0.15) is 0 Å². The highest BCUT2D eigenvalue weighted by atomic mass is 28.3. The fourth-order valence-electron chi connectivity index (χ4n) is 4.90. The normalized spacial score (nSPS) is 17.8. The number of carbonyl (C=O) groups excluding carboxylic acids is 1. The average molecular weight is 372 g/mol. The van der Waals surface area contributed by atoms with Gasteiger partial charge in [-0.15, -0.1) is 0 Å². The van der Waals surface area contributed by atoms with E-state index in [0.717, 1.165) is 0 Å². The van der Waals surface area contributed by atoms with E-state index in [1.807, 2.05) is 24.4 Å². The van der Waals surface area contributed by atoms with E-state index < -0.39 is 8.07 Å². The molecular weight excluding hydrogens is 338 g/mol. The summed E-state index contributed by atoms with van der Waals surface area (Å²) in [7, 11) is -1.81. The number of para-hydroxylation sites is 1. The van der Waals surface area contributed by atoms with E-state index in [1.165, 1.54) is 5.20 Å². The fourth-order valence-corrected chi connectivity index (χ4v) is 12.1. The van der Waals surface area contributed by atoms with Gasteiger partial charge >= 0.3 is 6.09 Å². The van der Waals surface area contributed by atoms with Crippen LogP contribution in [0.2, 0.25) is 16.6 Å². The van der Waals surface area contributed by atoms with Crippen LogP contribution in [0.25, 0.3) is 0 Å². The Morgan fingerprint density at radius 1 is 1.00 bits per heavy atom. The number of ether oxygens (including phenoxy) is 1. The van der Waals surface area contributed by atoms with Crippen LogP contribution in [0.3, 0.4) is 0 Å². The summed E-state index contributed by atoms with van der Waals surface area (Å²) in [6.07, 6.45) is 5.70. The average Bonchev–Trinajstić information content (AvgIpc) is 2.56. The zero-order valence-corrected chi connectivity index (χ0v) is 18.2. The second kappa shape index (κ2) is 8.25. The van der Waals surface area contributed by atoms with Crippen molar-refractivity contribution < 1.29 is 9.53 Å². The van der Waals surface area contributed by atoms with Gasteiger partial charge in [0.05, 0.1) is 8.07 Å². The van der Waals surface area contributed by atoms with E-state index in [1.54, 1.807) is 17.0 Å². The molecule has 0 aliphatic carbocycles. The lowest BCUT2D eigenvalue weighted by atomic mass is 10.1. The summed E-state index contributed by atoms with van der Waals surface area (Å²) in [5, 5.41) is 1.45. The first kappa shape index (κ1) is 20.5. The molecule has 26 heavy (non-hydrogen) atoms. The highest BCUT2D eigenvalue weighted by Crippen LogP contribution is 2.49. The standard InChI is InChI=1S/C22H33NO2Si/c1-16(2)26(17(3)4,18(5)6)21-15-23(14-13-19(21)7)22(24)25-20-11-9-8-10-12-20/h8-19H,1-7H3. The zero-order valence-electron chi connectivity index (χ0n) is 17.2. The number of amides is 1. The molecule has 1 aliphatic rings. The molecule has 0 saturated carbocycles. The van der Waals surface area contributed by atoms with E-state index in [2.05, 4.69) is 60.7 Å².